The Balaban J connectivity index is 2.76. The number of carbonyl (C=O) groups excluding carboxylic acids is 1. The maximum atomic E-state index is 11.7. The number of esters is 1. The van der Waals surface area contributed by atoms with Crippen molar-refractivity contribution in [2.75, 3.05) is 18.1 Å². The molecular formula is C11H14ClNO4S. The first-order chi connectivity index (χ1) is 8.34. The molecule has 0 heterocycles. The SMILES string of the molecule is CCOC(=O)CS(=O)(=O)Cc1ccc(Cl)c(N)c1. The molecular weight excluding hydrogens is 278 g/mol. The molecule has 7 heteroatoms. The van der Waals surface area contributed by atoms with Crippen molar-refractivity contribution in [3.63, 3.8) is 0 Å². The highest BCUT2D eigenvalue weighted by molar-refractivity contribution is 7.91. The van der Waals surface area contributed by atoms with Crippen molar-refractivity contribution >= 4 is 33.1 Å². The number of hydrogen-bond acceptors (Lipinski definition) is 5. The van der Waals surface area contributed by atoms with Crippen LogP contribution in [0.4, 0.5) is 5.69 Å². The molecule has 0 fully saturated rings. The lowest BCUT2D eigenvalue weighted by Crippen LogP contribution is -2.20. The van der Waals surface area contributed by atoms with Gasteiger partial charge in [0.05, 0.1) is 23.1 Å². The van der Waals surface area contributed by atoms with E-state index in [0.29, 0.717) is 16.3 Å². The van der Waals surface area contributed by atoms with Crippen molar-refractivity contribution in [1.29, 1.82) is 0 Å². The molecule has 0 saturated heterocycles. The van der Waals surface area contributed by atoms with E-state index in [1.54, 1.807) is 13.0 Å². The van der Waals surface area contributed by atoms with E-state index in [0.717, 1.165) is 0 Å². The van der Waals surface area contributed by atoms with E-state index in [1.807, 2.05) is 0 Å². The first kappa shape index (κ1) is 14.8. The quantitative estimate of drug-likeness (QED) is 0.654. The number of hydrogen-bond donors (Lipinski definition) is 1. The average molecular weight is 292 g/mol. The van der Waals surface area contributed by atoms with E-state index in [-0.39, 0.29) is 12.4 Å². The van der Waals surface area contributed by atoms with Crippen LogP contribution in [0.3, 0.4) is 0 Å². The van der Waals surface area contributed by atoms with Gasteiger partial charge in [-0.05, 0) is 24.6 Å². The molecule has 1 aromatic rings. The predicted molar refractivity (Wildman–Crippen MR) is 70.0 cm³/mol. The van der Waals surface area contributed by atoms with Crippen LogP contribution < -0.4 is 5.73 Å². The minimum atomic E-state index is -3.56. The van der Waals surface area contributed by atoms with Gasteiger partial charge in [0.15, 0.2) is 9.84 Å². The van der Waals surface area contributed by atoms with Crippen LogP contribution in [0.25, 0.3) is 0 Å². The number of ether oxygens (including phenoxy) is 1. The number of nitrogens with two attached hydrogens (primary N) is 1. The smallest absolute Gasteiger partial charge is 0.321 e. The molecule has 0 bridgehead atoms. The number of nitrogen functional groups attached to an aromatic ring is 1. The molecule has 1 rings (SSSR count). The summed E-state index contributed by atoms with van der Waals surface area (Å²) < 4.78 is 28.0. The van der Waals surface area contributed by atoms with Gasteiger partial charge in [0.25, 0.3) is 0 Å². The van der Waals surface area contributed by atoms with Crippen molar-refractivity contribution in [2.24, 2.45) is 0 Å². The Kier molecular flexibility index (Phi) is 4.98. The molecule has 0 unspecified atom stereocenters. The maximum absolute atomic E-state index is 11.7. The Hall–Kier alpha value is -1.27. The van der Waals surface area contributed by atoms with Crippen LogP contribution in [0, 0.1) is 0 Å². The topological polar surface area (TPSA) is 86.5 Å². The van der Waals surface area contributed by atoms with Gasteiger partial charge in [-0.15, -0.1) is 0 Å². The van der Waals surface area contributed by atoms with E-state index in [2.05, 4.69) is 4.74 Å². The van der Waals surface area contributed by atoms with Crippen molar-refractivity contribution < 1.29 is 17.9 Å². The molecule has 100 valence electrons. The highest BCUT2D eigenvalue weighted by atomic mass is 35.5. The van der Waals surface area contributed by atoms with Crippen LogP contribution in [-0.2, 0) is 25.1 Å². The first-order valence-electron chi connectivity index (χ1n) is 5.24. The van der Waals surface area contributed by atoms with Crippen LogP contribution in [0.5, 0.6) is 0 Å². The zero-order valence-electron chi connectivity index (χ0n) is 9.85. The summed E-state index contributed by atoms with van der Waals surface area (Å²) in [6.45, 7) is 1.77. The van der Waals surface area contributed by atoms with Crippen LogP contribution in [0.15, 0.2) is 18.2 Å². The lowest BCUT2D eigenvalue weighted by Gasteiger charge is -2.06. The van der Waals surface area contributed by atoms with Gasteiger partial charge in [0.2, 0.25) is 0 Å². The molecule has 5 nitrogen and oxygen atoms in total. The highest BCUT2D eigenvalue weighted by Crippen LogP contribution is 2.20. The summed E-state index contributed by atoms with van der Waals surface area (Å²) in [5.41, 5.74) is 6.36. The normalized spacial score (nSPS) is 11.2. The standard InChI is InChI=1S/C11H14ClNO4S/c1-2-17-11(14)7-18(15,16)6-8-3-4-9(12)10(13)5-8/h3-5H,2,6-7,13H2,1H3. The molecule has 1 aromatic carbocycles. The van der Waals surface area contributed by atoms with E-state index in [9.17, 15) is 13.2 Å². The van der Waals surface area contributed by atoms with E-state index < -0.39 is 21.6 Å². The second-order valence-electron chi connectivity index (χ2n) is 3.69. The van der Waals surface area contributed by atoms with Crippen molar-refractivity contribution in [1.82, 2.24) is 0 Å². The van der Waals surface area contributed by atoms with E-state index in [1.165, 1.54) is 12.1 Å². The van der Waals surface area contributed by atoms with Gasteiger partial charge in [-0.25, -0.2) is 8.42 Å². The summed E-state index contributed by atoms with van der Waals surface area (Å²) in [6, 6.07) is 4.55. The number of sulfone groups is 1. The van der Waals surface area contributed by atoms with Crippen molar-refractivity contribution in [3.05, 3.63) is 28.8 Å². The fraction of sp³-hybridized carbons (Fsp3) is 0.364. The van der Waals surface area contributed by atoms with Crippen molar-refractivity contribution in [3.8, 4) is 0 Å². The number of anilines is 1. The monoisotopic (exact) mass is 291 g/mol. The number of rotatable bonds is 5. The van der Waals surface area contributed by atoms with Gasteiger partial charge in [0.1, 0.15) is 5.75 Å². The Morgan fingerprint density at radius 1 is 1.44 bits per heavy atom. The van der Waals surface area contributed by atoms with E-state index in [4.69, 9.17) is 17.3 Å². The summed E-state index contributed by atoms with van der Waals surface area (Å²) in [5.74, 6) is -1.66. The Morgan fingerprint density at radius 2 is 2.11 bits per heavy atom. The number of benzene rings is 1. The Bertz CT molecular complexity index is 542. The predicted octanol–water partition coefficient (Wildman–Crippen LogP) is 1.40. The van der Waals surface area contributed by atoms with Gasteiger partial charge in [-0.3, -0.25) is 4.79 Å². The summed E-state index contributed by atoms with van der Waals surface area (Å²) in [4.78, 5) is 11.1. The van der Waals surface area contributed by atoms with E-state index >= 15 is 0 Å². The van der Waals surface area contributed by atoms with Gasteiger partial charge >= 0.3 is 5.97 Å². The summed E-state index contributed by atoms with van der Waals surface area (Å²) >= 11 is 5.73. The zero-order chi connectivity index (χ0) is 13.8. The Morgan fingerprint density at radius 3 is 2.67 bits per heavy atom. The van der Waals surface area contributed by atoms with Crippen LogP contribution in [-0.4, -0.2) is 26.7 Å². The third-order valence-electron chi connectivity index (χ3n) is 2.09. The van der Waals surface area contributed by atoms with Crippen LogP contribution in [0.1, 0.15) is 12.5 Å². The van der Waals surface area contributed by atoms with Crippen LogP contribution >= 0.6 is 11.6 Å². The summed E-state index contributed by atoms with van der Waals surface area (Å²) in [5, 5.41) is 0.363. The number of halogens is 1. The van der Waals surface area contributed by atoms with Crippen molar-refractivity contribution in [2.45, 2.75) is 12.7 Å². The molecule has 2 N–H and O–H groups in total. The number of carbonyl (C=O) groups is 1. The van der Waals surface area contributed by atoms with Gasteiger partial charge in [-0.2, -0.15) is 0 Å². The van der Waals surface area contributed by atoms with Crippen LogP contribution in [0.2, 0.25) is 5.02 Å². The maximum Gasteiger partial charge on any atom is 0.321 e. The molecule has 0 aliphatic carbocycles. The second kappa shape index (κ2) is 6.06. The molecule has 0 aromatic heterocycles. The molecule has 0 spiro atoms. The highest BCUT2D eigenvalue weighted by Gasteiger charge is 2.18. The van der Waals surface area contributed by atoms with Gasteiger partial charge in [0, 0.05) is 0 Å². The zero-order valence-corrected chi connectivity index (χ0v) is 11.4. The molecule has 0 atom stereocenters. The third kappa shape index (κ3) is 4.54. The molecule has 0 amide bonds. The van der Waals surface area contributed by atoms with Gasteiger partial charge < -0.3 is 10.5 Å². The fourth-order valence-electron chi connectivity index (χ4n) is 1.37. The lowest BCUT2D eigenvalue weighted by molar-refractivity contribution is -0.139. The molecule has 18 heavy (non-hydrogen) atoms. The minimum absolute atomic E-state index is 0.155. The summed E-state index contributed by atoms with van der Waals surface area (Å²) in [7, 11) is -3.56. The Labute approximate surface area is 111 Å². The largest absolute Gasteiger partial charge is 0.465 e. The average Bonchev–Trinajstić information content (AvgIpc) is 2.22. The molecule has 0 saturated carbocycles. The molecule has 0 aliphatic rings. The minimum Gasteiger partial charge on any atom is -0.465 e. The second-order valence-corrected chi connectivity index (χ2v) is 6.16. The molecule has 0 aliphatic heterocycles. The first-order valence-corrected chi connectivity index (χ1v) is 7.44. The van der Waals surface area contributed by atoms with Gasteiger partial charge in [-0.1, -0.05) is 17.7 Å². The third-order valence-corrected chi connectivity index (χ3v) is 3.88. The summed E-state index contributed by atoms with van der Waals surface area (Å²) in [6.07, 6.45) is 0. The molecule has 0 radical (unpaired) electrons. The lowest BCUT2D eigenvalue weighted by atomic mass is 10.2. The fourth-order valence-corrected chi connectivity index (χ4v) is 2.72.